The maximum absolute atomic E-state index is 13.1. The number of halogens is 3. The average Bonchev–Trinajstić information content (AvgIpc) is 2.26. The number of hydrogen-bond donors (Lipinski definition) is 2. The maximum Gasteiger partial charge on any atom is 0.319 e. The molecule has 0 heterocycles. The third-order valence-corrected chi connectivity index (χ3v) is 2.61. The molecule has 0 aromatic heterocycles. The van der Waals surface area contributed by atoms with E-state index in [-0.39, 0.29) is 16.1 Å². The molecule has 2 amide bonds. The van der Waals surface area contributed by atoms with Crippen LogP contribution in [0.2, 0.25) is 10.0 Å². The molecule has 1 aromatic carbocycles. The first-order chi connectivity index (χ1) is 8.04. The van der Waals surface area contributed by atoms with Crippen molar-refractivity contribution < 1.29 is 9.18 Å². The van der Waals surface area contributed by atoms with Gasteiger partial charge in [0.2, 0.25) is 0 Å². The molecular formula is C11H13Cl2FN2O. The van der Waals surface area contributed by atoms with Crippen LogP contribution in [0.25, 0.3) is 0 Å². The molecule has 0 spiro atoms. The van der Waals surface area contributed by atoms with Gasteiger partial charge in [-0.15, -0.1) is 0 Å². The van der Waals surface area contributed by atoms with Crippen molar-refractivity contribution in [3.8, 4) is 0 Å². The molecule has 0 saturated heterocycles. The van der Waals surface area contributed by atoms with E-state index in [1.165, 1.54) is 12.1 Å². The number of benzene rings is 1. The van der Waals surface area contributed by atoms with E-state index in [2.05, 4.69) is 10.6 Å². The number of hydrogen-bond acceptors (Lipinski definition) is 1. The molecule has 0 bridgehead atoms. The predicted octanol–water partition coefficient (Wildman–Crippen LogP) is 4.05. The molecule has 2 N–H and O–H groups in total. The van der Waals surface area contributed by atoms with Crippen LogP contribution in [-0.4, -0.2) is 12.6 Å². The SMILES string of the molecule is CCCCNC(=O)Nc1cc(Cl)c(F)c(Cl)c1. The second-order valence-corrected chi connectivity index (χ2v) is 4.30. The molecule has 1 aromatic rings. The summed E-state index contributed by atoms with van der Waals surface area (Å²) in [7, 11) is 0. The lowest BCUT2D eigenvalue weighted by molar-refractivity contribution is 0.252. The first kappa shape index (κ1) is 14.1. The minimum atomic E-state index is -0.690. The van der Waals surface area contributed by atoms with Crippen molar-refractivity contribution >= 4 is 34.9 Å². The molecule has 0 radical (unpaired) electrons. The highest BCUT2D eigenvalue weighted by Crippen LogP contribution is 2.27. The topological polar surface area (TPSA) is 41.1 Å². The number of rotatable bonds is 4. The Morgan fingerprint density at radius 2 is 1.94 bits per heavy atom. The largest absolute Gasteiger partial charge is 0.338 e. The van der Waals surface area contributed by atoms with Gasteiger partial charge in [-0.05, 0) is 18.6 Å². The molecule has 0 saturated carbocycles. The number of unbranched alkanes of at least 4 members (excludes halogenated alkanes) is 1. The minimum Gasteiger partial charge on any atom is -0.338 e. The van der Waals surface area contributed by atoms with Crippen LogP contribution in [0.5, 0.6) is 0 Å². The van der Waals surface area contributed by atoms with E-state index in [1.54, 1.807) is 0 Å². The van der Waals surface area contributed by atoms with Crippen LogP contribution in [-0.2, 0) is 0 Å². The zero-order valence-electron chi connectivity index (χ0n) is 9.32. The highest BCUT2D eigenvalue weighted by Gasteiger charge is 2.09. The van der Waals surface area contributed by atoms with E-state index in [1.807, 2.05) is 6.92 Å². The van der Waals surface area contributed by atoms with E-state index in [0.29, 0.717) is 12.2 Å². The molecule has 6 heteroatoms. The lowest BCUT2D eigenvalue weighted by Gasteiger charge is -2.08. The van der Waals surface area contributed by atoms with Crippen LogP contribution < -0.4 is 10.6 Å². The van der Waals surface area contributed by atoms with Crippen LogP contribution in [0.3, 0.4) is 0 Å². The van der Waals surface area contributed by atoms with Crippen molar-refractivity contribution in [2.45, 2.75) is 19.8 Å². The summed E-state index contributed by atoms with van der Waals surface area (Å²) >= 11 is 11.2. The highest BCUT2D eigenvalue weighted by molar-refractivity contribution is 6.35. The summed E-state index contributed by atoms with van der Waals surface area (Å²) in [5, 5.41) is 4.93. The summed E-state index contributed by atoms with van der Waals surface area (Å²) < 4.78 is 13.1. The number of nitrogens with one attached hydrogen (secondary N) is 2. The first-order valence-electron chi connectivity index (χ1n) is 5.24. The van der Waals surface area contributed by atoms with Crippen LogP contribution in [0.1, 0.15) is 19.8 Å². The fraction of sp³-hybridized carbons (Fsp3) is 0.364. The Bertz CT molecular complexity index is 389. The third-order valence-electron chi connectivity index (χ3n) is 2.06. The van der Waals surface area contributed by atoms with Crippen molar-refractivity contribution in [2.24, 2.45) is 0 Å². The second-order valence-electron chi connectivity index (χ2n) is 3.49. The van der Waals surface area contributed by atoms with Gasteiger partial charge in [-0.3, -0.25) is 0 Å². The van der Waals surface area contributed by atoms with Gasteiger partial charge < -0.3 is 10.6 Å². The van der Waals surface area contributed by atoms with Gasteiger partial charge >= 0.3 is 6.03 Å². The Labute approximate surface area is 109 Å². The summed E-state index contributed by atoms with van der Waals surface area (Å²) in [6.45, 7) is 2.62. The normalized spacial score (nSPS) is 10.1. The van der Waals surface area contributed by atoms with E-state index in [0.717, 1.165) is 12.8 Å². The van der Waals surface area contributed by atoms with Gasteiger partial charge in [0.25, 0.3) is 0 Å². The molecule has 3 nitrogen and oxygen atoms in total. The maximum atomic E-state index is 13.1. The van der Waals surface area contributed by atoms with Crippen LogP contribution >= 0.6 is 23.2 Å². The van der Waals surface area contributed by atoms with Gasteiger partial charge in [-0.25, -0.2) is 9.18 Å². The fourth-order valence-corrected chi connectivity index (χ4v) is 1.67. The monoisotopic (exact) mass is 278 g/mol. The molecule has 0 atom stereocenters. The first-order valence-corrected chi connectivity index (χ1v) is 5.99. The molecule has 17 heavy (non-hydrogen) atoms. The van der Waals surface area contributed by atoms with Gasteiger partial charge in [0, 0.05) is 12.2 Å². The standard InChI is InChI=1S/C11H13Cl2FN2O/c1-2-3-4-15-11(17)16-7-5-8(12)10(14)9(13)6-7/h5-6H,2-4H2,1H3,(H2,15,16,17). The molecule has 1 rings (SSSR count). The molecule has 0 aliphatic rings. The Kier molecular flexibility index (Phi) is 5.51. The van der Waals surface area contributed by atoms with Gasteiger partial charge in [-0.2, -0.15) is 0 Å². The fourth-order valence-electron chi connectivity index (χ4n) is 1.18. The van der Waals surface area contributed by atoms with Gasteiger partial charge in [-0.1, -0.05) is 36.5 Å². The highest BCUT2D eigenvalue weighted by atomic mass is 35.5. The van der Waals surface area contributed by atoms with Crippen LogP contribution in [0, 0.1) is 5.82 Å². The Morgan fingerprint density at radius 1 is 1.35 bits per heavy atom. The van der Waals surface area contributed by atoms with Crippen molar-refractivity contribution in [2.75, 3.05) is 11.9 Å². The number of carbonyl (C=O) groups is 1. The van der Waals surface area contributed by atoms with E-state index >= 15 is 0 Å². The Hall–Kier alpha value is -1.00. The van der Waals surface area contributed by atoms with Gasteiger partial charge in [0.1, 0.15) is 0 Å². The average molecular weight is 279 g/mol. The predicted molar refractivity (Wildman–Crippen MR) is 68.3 cm³/mol. The molecule has 94 valence electrons. The summed E-state index contributed by atoms with van der Waals surface area (Å²) in [5.74, 6) is -0.690. The summed E-state index contributed by atoms with van der Waals surface area (Å²) in [6.07, 6.45) is 1.90. The molecule has 0 aliphatic carbocycles. The lowest BCUT2D eigenvalue weighted by Crippen LogP contribution is -2.29. The van der Waals surface area contributed by atoms with Crippen molar-refractivity contribution in [1.82, 2.24) is 5.32 Å². The summed E-state index contributed by atoms with van der Waals surface area (Å²) in [4.78, 5) is 11.4. The van der Waals surface area contributed by atoms with Gasteiger partial charge in [0.05, 0.1) is 10.0 Å². The second kappa shape index (κ2) is 6.67. The number of carbonyl (C=O) groups excluding carboxylic acids is 1. The molecule has 0 aliphatic heterocycles. The van der Waals surface area contributed by atoms with E-state index in [9.17, 15) is 9.18 Å². The number of urea groups is 1. The smallest absolute Gasteiger partial charge is 0.319 e. The zero-order chi connectivity index (χ0) is 12.8. The third kappa shape index (κ3) is 4.40. The van der Waals surface area contributed by atoms with Crippen molar-refractivity contribution in [3.05, 3.63) is 28.0 Å². The van der Waals surface area contributed by atoms with Crippen molar-refractivity contribution in [1.29, 1.82) is 0 Å². The zero-order valence-corrected chi connectivity index (χ0v) is 10.8. The Balaban J connectivity index is 2.60. The number of anilines is 1. The summed E-state index contributed by atoms with van der Waals surface area (Å²) in [5.41, 5.74) is 0.357. The van der Waals surface area contributed by atoms with E-state index in [4.69, 9.17) is 23.2 Å². The number of amides is 2. The quantitative estimate of drug-likeness (QED) is 0.633. The molecule has 0 unspecified atom stereocenters. The Morgan fingerprint density at radius 3 is 2.47 bits per heavy atom. The summed E-state index contributed by atoms with van der Waals surface area (Å²) in [6, 6.07) is 2.25. The van der Waals surface area contributed by atoms with Crippen LogP contribution in [0.4, 0.5) is 14.9 Å². The molecule has 0 fully saturated rings. The lowest BCUT2D eigenvalue weighted by atomic mass is 10.3. The van der Waals surface area contributed by atoms with Crippen LogP contribution in [0.15, 0.2) is 12.1 Å². The van der Waals surface area contributed by atoms with Gasteiger partial charge in [0.15, 0.2) is 5.82 Å². The minimum absolute atomic E-state index is 0.124. The van der Waals surface area contributed by atoms with E-state index < -0.39 is 5.82 Å². The van der Waals surface area contributed by atoms with Crippen molar-refractivity contribution in [3.63, 3.8) is 0 Å². The molecular weight excluding hydrogens is 266 g/mol.